The van der Waals surface area contributed by atoms with Gasteiger partial charge in [-0.3, -0.25) is 9.55 Å². The molecule has 0 unspecified atom stereocenters. The lowest BCUT2D eigenvalue weighted by Gasteiger charge is -2.00. The Morgan fingerprint density at radius 3 is 2.73 bits per heavy atom. The Bertz CT molecular complexity index is 299. The third-order valence-corrected chi connectivity index (χ3v) is 1.43. The van der Waals surface area contributed by atoms with E-state index in [1.807, 2.05) is 0 Å². The van der Waals surface area contributed by atoms with Gasteiger partial charge in [0.05, 0.1) is 7.11 Å². The maximum atomic E-state index is 10.9. The lowest BCUT2D eigenvalue weighted by molar-refractivity contribution is 0.340. The summed E-state index contributed by atoms with van der Waals surface area (Å²) in [5.41, 5.74) is -0.359. The number of hydrogen-bond acceptors (Lipinski definition) is 3. The van der Waals surface area contributed by atoms with Crippen molar-refractivity contribution in [3.8, 4) is 11.8 Å². The SMILES string of the molecule is CCn1c(OC)c(O)[nH]c1=O. The monoisotopic (exact) mass is 158 g/mol. The van der Waals surface area contributed by atoms with Crippen molar-refractivity contribution in [3.63, 3.8) is 0 Å². The summed E-state index contributed by atoms with van der Waals surface area (Å²) in [5, 5.41) is 9.04. The van der Waals surface area contributed by atoms with Gasteiger partial charge >= 0.3 is 5.69 Å². The maximum Gasteiger partial charge on any atom is 0.331 e. The fourth-order valence-electron chi connectivity index (χ4n) is 0.936. The van der Waals surface area contributed by atoms with Gasteiger partial charge in [-0.05, 0) is 6.92 Å². The lowest BCUT2D eigenvalue weighted by Crippen LogP contribution is -2.15. The molecule has 5 heteroatoms. The molecule has 0 saturated heterocycles. The van der Waals surface area contributed by atoms with E-state index in [1.54, 1.807) is 6.92 Å². The van der Waals surface area contributed by atoms with Crippen molar-refractivity contribution in [2.24, 2.45) is 0 Å². The highest BCUT2D eigenvalue weighted by atomic mass is 16.5. The van der Waals surface area contributed by atoms with E-state index in [0.29, 0.717) is 6.54 Å². The number of aromatic hydroxyl groups is 1. The van der Waals surface area contributed by atoms with Crippen LogP contribution in [0, 0.1) is 0 Å². The second kappa shape index (κ2) is 2.69. The fraction of sp³-hybridized carbons (Fsp3) is 0.500. The average Bonchev–Trinajstić information content (AvgIpc) is 2.24. The lowest BCUT2D eigenvalue weighted by atomic mass is 10.7. The summed E-state index contributed by atoms with van der Waals surface area (Å²) >= 11 is 0. The highest BCUT2D eigenvalue weighted by molar-refractivity contribution is 5.24. The molecule has 1 heterocycles. The summed E-state index contributed by atoms with van der Waals surface area (Å²) in [7, 11) is 1.40. The molecule has 0 amide bonds. The van der Waals surface area contributed by atoms with Crippen LogP contribution < -0.4 is 10.4 Å². The van der Waals surface area contributed by atoms with Crippen molar-refractivity contribution in [2.75, 3.05) is 7.11 Å². The quantitative estimate of drug-likeness (QED) is 0.632. The van der Waals surface area contributed by atoms with Gasteiger partial charge in [-0.25, -0.2) is 4.79 Å². The molecule has 1 aromatic rings. The number of nitrogens with one attached hydrogen (secondary N) is 1. The molecule has 0 bridgehead atoms. The molecule has 0 atom stereocenters. The van der Waals surface area contributed by atoms with Crippen LogP contribution in [0.3, 0.4) is 0 Å². The van der Waals surface area contributed by atoms with E-state index in [-0.39, 0.29) is 17.4 Å². The first kappa shape index (κ1) is 7.71. The number of ether oxygens (including phenoxy) is 1. The first-order chi connectivity index (χ1) is 5.20. The van der Waals surface area contributed by atoms with Crippen LogP contribution in [-0.2, 0) is 6.54 Å². The van der Waals surface area contributed by atoms with Gasteiger partial charge in [0.2, 0.25) is 0 Å². The summed E-state index contributed by atoms with van der Waals surface area (Å²) in [6.07, 6.45) is 0. The first-order valence-corrected chi connectivity index (χ1v) is 3.26. The summed E-state index contributed by atoms with van der Waals surface area (Å²) < 4.78 is 6.07. The minimum Gasteiger partial charge on any atom is -0.491 e. The van der Waals surface area contributed by atoms with Crippen molar-refractivity contribution in [1.82, 2.24) is 9.55 Å². The Kier molecular flexibility index (Phi) is 1.89. The molecule has 1 aromatic heterocycles. The van der Waals surface area contributed by atoms with Gasteiger partial charge in [0.15, 0.2) is 0 Å². The molecule has 0 radical (unpaired) electrons. The molecule has 0 aromatic carbocycles. The second-order valence-corrected chi connectivity index (χ2v) is 2.03. The van der Waals surface area contributed by atoms with Gasteiger partial charge in [-0.15, -0.1) is 0 Å². The Hall–Kier alpha value is -1.39. The molecule has 0 aliphatic carbocycles. The minimum atomic E-state index is -0.359. The van der Waals surface area contributed by atoms with E-state index in [2.05, 4.69) is 4.98 Å². The normalized spacial score (nSPS) is 10.0. The highest BCUT2D eigenvalue weighted by Crippen LogP contribution is 2.19. The fourth-order valence-corrected chi connectivity index (χ4v) is 0.936. The third-order valence-electron chi connectivity index (χ3n) is 1.43. The van der Waals surface area contributed by atoms with Gasteiger partial charge < -0.3 is 9.84 Å². The number of H-pyrrole nitrogens is 1. The van der Waals surface area contributed by atoms with Crippen LogP contribution in [0.5, 0.6) is 11.8 Å². The predicted molar refractivity (Wildman–Crippen MR) is 38.9 cm³/mol. The number of aromatic nitrogens is 2. The van der Waals surface area contributed by atoms with Crippen LogP contribution in [0.25, 0.3) is 0 Å². The first-order valence-electron chi connectivity index (χ1n) is 3.26. The van der Waals surface area contributed by atoms with Crippen LogP contribution in [0.1, 0.15) is 6.92 Å². The molecule has 0 spiro atoms. The largest absolute Gasteiger partial charge is 0.491 e. The van der Waals surface area contributed by atoms with Crippen LogP contribution in [0.15, 0.2) is 4.79 Å². The summed E-state index contributed by atoms with van der Waals surface area (Å²) in [5.74, 6) is -0.0446. The van der Waals surface area contributed by atoms with E-state index >= 15 is 0 Å². The molecular weight excluding hydrogens is 148 g/mol. The Morgan fingerprint density at radius 1 is 1.73 bits per heavy atom. The van der Waals surface area contributed by atoms with Gasteiger partial charge in [-0.1, -0.05) is 0 Å². The van der Waals surface area contributed by atoms with Crippen molar-refractivity contribution in [1.29, 1.82) is 0 Å². The van der Waals surface area contributed by atoms with E-state index < -0.39 is 0 Å². The van der Waals surface area contributed by atoms with Gasteiger partial charge in [-0.2, -0.15) is 0 Å². The van der Waals surface area contributed by atoms with E-state index in [9.17, 15) is 4.79 Å². The standard InChI is InChI=1S/C6H10N2O3/c1-3-8-5(11-2)4(9)7-6(8)10/h9H,3H2,1-2H3,(H,7,10). The van der Waals surface area contributed by atoms with Crippen LogP contribution in [0.4, 0.5) is 0 Å². The van der Waals surface area contributed by atoms with E-state index in [0.717, 1.165) is 0 Å². The van der Waals surface area contributed by atoms with Gasteiger partial charge in [0.1, 0.15) is 0 Å². The number of nitrogens with zero attached hydrogens (tertiary/aromatic N) is 1. The topological polar surface area (TPSA) is 67.2 Å². The molecule has 62 valence electrons. The van der Waals surface area contributed by atoms with Crippen LogP contribution in [0.2, 0.25) is 0 Å². The number of methoxy groups -OCH3 is 1. The molecule has 5 nitrogen and oxygen atoms in total. The number of hydrogen-bond donors (Lipinski definition) is 2. The number of imidazole rings is 1. The van der Waals surface area contributed by atoms with E-state index in [4.69, 9.17) is 9.84 Å². The number of aromatic amines is 1. The van der Waals surface area contributed by atoms with Gasteiger partial charge in [0.25, 0.3) is 11.8 Å². The Morgan fingerprint density at radius 2 is 2.36 bits per heavy atom. The minimum absolute atomic E-state index is 0.178. The molecule has 0 saturated carbocycles. The molecule has 2 N–H and O–H groups in total. The van der Waals surface area contributed by atoms with Crippen molar-refractivity contribution < 1.29 is 9.84 Å². The van der Waals surface area contributed by atoms with E-state index in [1.165, 1.54) is 11.7 Å². The summed E-state index contributed by atoms with van der Waals surface area (Å²) in [6.45, 7) is 2.26. The summed E-state index contributed by atoms with van der Waals surface area (Å²) in [6, 6.07) is 0. The average molecular weight is 158 g/mol. The van der Waals surface area contributed by atoms with Crippen molar-refractivity contribution in [2.45, 2.75) is 13.5 Å². The predicted octanol–water partition coefficient (Wildman–Crippen LogP) is -0.0895. The molecular formula is C6H10N2O3. The zero-order chi connectivity index (χ0) is 8.43. The molecule has 0 fully saturated rings. The smallest absolute Gasteiger partial charge is 0.331 e. The Labute approximate surface area is 63.2 Å². The molecule has 1 rings (SSSR count). The van der Waals surface area contributed by atoms with Crippen molar-refractivity contribution in [3.05, 3.63) is 10.5 Å². The van der Waals surface area contributed by atoms with Crippen molar-refractivity contribution >= 4 is 0 Å². The van der Waals surface area contributed by atoms with Gasteiger partial charge in [0, 0.05) is 6.54 Å². The third kappa shape index (κ3) is 1.09. The molecule has 0 aliphatic heterocycles. The second-order valence-electron chi connectivity index (χ2n) is 2.03. The maximum absolute atomic E-state index is 10.9. The highest BCUT2D eigenvalue weighted by Gasteiger charge is 2.10. The van der Waals surface area contributed by atoms with Crippen LogP contribution >= 0.6 is 0 Å². The number of rotatable bonds is 2. The molecule has 0 aliphatic rings. The summed E-state index contributed by atoms with van der Waals surface area (Å²) in [4.78, 5) is 13.1. The zero-order valence-electron chi connectivity index (χ0n) is 6.42. The zero-order valence-corrected chi connectivity index (χ0v) is 6.42. The Balaban J connectivity index is 3.29. The molecule has 11 heavy (non-hydrogen) atoms. The van der Waals surface area contributed by atoms with Crippen LogP contribution in [-0.4, -0.2) is 21.8 Å².